The summed E-state index contributed by atoms with van der Waals surface area (Å²) in [6, 6.07) is 19.4. The summed E-state index contributed by atoms with van der Waals surface area (Å²) in [5.74, 6) is -0.365. The van der Waals surface area contributed by atoms with E-state index >= 15 is 0 Å². The normalized spacial score (nSPS) is 10.6. The van der Waals surface area contributed by atoms with E-state index in [0.717, 1.165) is 0 Å². The van der Waals surface area contributed by atoms with Crippen molar-refractivity contribution in [3.05, 3.63) is 88.9 Å². The minimum absolute atomic E-state index is 0.379. The Hall–Kier alpha value is -3.71. The van der Waals surface area contributed by atoms with Gasteiger partial charge in [0.15, 0.2) is 0 Å². The first kappa shape index (κ1) is 20.0. The molecule has 0 atom stereocenters. The van der Waals surface area contributed by atoms with E-state index in [2.05, 4.69) is 15.7 Å². The van der Waals surface area contributed by atoms with E-state index in [0.29, 0.717) is 33.3 Å². The van der Waals surface area contributed by atoms with Crippen LogP contribution in [0.2, 0.25) is 5.02 Å². The van der Waals surface area contributed by atoms with Crippen molar-refractivity contribution >= 4 is 34.9 Å². The van der Waals surface area contributed by atoms with Crippen LogP contribution in [0.1, 0.15) is 20.7 Å². The van der Waals surface area contributed by atoms with E-state index in [-0.39, 0.29) is 0 Å². The average molecular weight is 410 g/mol. The number of azo groups is 1. The number of ether oxygens (including phenoxy) is 1. The Labute approximate surface area is 171 Å². The van der Waals surface area contributed by atoms with Gasteiger partial charge in [-0.2, -0.15) is 0 Å². The van der Waals surface area contributed by atoms with E-state index in [1.807, 2.05) is 0 Å². The standard InChI is InChI=1S/C21H16ClN3O4/c1-28-19-12-4-15(5-13-19)21(27)29-25-18-10-8-17(9-11-18)23-24-20(26)14-2-6-16(22)7-3-14/h2-13,25H,1H3. The van der Waals surface area contributed by atoms with Crippen molar-refractivity contribution in [3.8, 4) is 5.75 Å². The van der Waals surface area contributed by atoms with E-state index < -0.39 is 11.9 Å². The highest BCUT2D eigenvalue weighted by Gasteiger charge is 2.08. The zero-order valence-electron chi connectivity index (χ0n) is 15.3. The van der Waals surface area contributed by atoms with Crippen LogP contribution in [0.15, 0.2) is 83.0 Å². The fourth-order valence-electron chi connectivity index (χ4n) is 2.24. The number of halogens is 1. The molecule has 0 saturated carbocycles. The number of amides is 1. The van der Waals surface area contributed by atoms with Gasteiger partial charge in [-0.05, 0) is 72.8 Å². The van der Waals surface area contributed by atoms with Gasteiger partial charge >= 0.3 is 5.97 Å². The van der Waals surface area contributed by atoms with Crippen LogP contribution in [-0.2, 0) is 4.84 Å². The Morgan fingerprint density at radius 1 is 0.862 bits per heavy atom. The van der Waals surface area contributed by atoms with Gasteiger partial charge in [-0.1, -0.05) is 11.6 Å². The van der Waals surface area contributed by atoms with Crippen molar-refractivity contribution in [1.82, 2.24) is 0 Å². The SMILES string of the molecule is COc1ccc(C(=O)ONc2ccc(N=NC(=O)c3ccc(Cl)cc3)cc2)cc1. The molecule has 8 heteroatoms. The number of carbonyl (C=O) groups excluding carboxylic acids is 2. The van der Waals surface area contributed by atoms with Crippen LogP contribution in [0.4, 0.5) is 11.4 Å². The van der Waals surface area contributed by atoms with Gasteiger partial charge in [0.2, 0.25) is 0 Å². The first-order valence-electron chi connectivity index (χ1n) is 8.48. The molecule has 0 aromatic heterocycles. The lowest BCUT2D eigenvalue weighted by Crippen LogP contribution is -2.10. The van der Waals surface area contributed by atoms with Gasteiger partial charge in [-0.3, -0.25) is 4.79 Å². The van der Waals surface area contributed by atoms with Gasteiger partial charge < -0.3 is 9.57 Å². The summed E-state index contributed by atoms with van der Waals surface area (Å²) in [7, 11) is 1.55. The third kappa shape index (κ3) is 5.63. The number of nitrogens with one attached hydrogen (secondary N) is 1. The fraction of sp³-hybridized carbons (Fsp3) is 0.0476. The molecule has 7 nitrogen and oxygen atoms in total. The summed E-state index contributed by atoms with van der Waals surface area (Å²) in [4.78, 5) is 29.0. The number of carbonyl (C=O) groups is 2. The molecule has 146 valence electrons. The molecule has 0 spiro atoms. The molecule has 1 amide bonds. The average Bonchev–Trinajstić information content (AvgIpc) is 2.77. The maximum atomic E-state index is 12.0. The van der Waals surface area contributed by atoms with Crippen molar-refractivity contribution in [2.24, 2.45) is 10.2 Å². The first-order chi connectivity index (χ1) is 14.0. The van der Waals surface area contributed by atoms with Crippen LogP contribution < -0.4 is 10.2 Å². The Bertz CT molecular complexity index is 1020. The maximum Gasteiger partial charge on any atom is 0.362 e. The fourth-order valence-corrected chi connectivity index (χ4v) is 2.37. The Balaban J connectivity index is 1.54. The van der Waals surface area contributed by atoms with Gasteiger partial charge in [0.1, 0.15) is 5.75 Å². The number of hydrogen-bond acceptors (Lipinski definition) is 6. The van der Waals surface area contributed by atoms with Crippen LogP contribution >= 0.6 is 11.6 Å². The molecule has 0 fully saturated rings. The molecule has 3 aromatic rings. The summed E-state index contributed by atoms with van der Waals surface area (Å²) in [6.45, 7) is 0. The Morgan fingerprint density at radius 2 is 1.48 bits per heavy atom. The molecule has 1 N–H and O–H groups in total. The lowest BCUT2D eigenvalue weighted by atomic mass is 10.2. The third-order valence-corrected chi connectivity index (χ3v) is 4.05. The zero-order valence-corrected chi connectivity index (χ0v) is 16.1. The number of hydrogen-bond donors (Lipinski definition) is 1. The Kier molecular flexibility index (Phi) is 6.55. The van der Waals surface area contributed by atoms with Crippen LogP contribution in [0.25, 0.3) is 0 Å². The molecule has 3 rings (SSSR count). The quantitative estimate of drug-likeness (QED) is 0.431. The van der Waals surface area contributed by atoms with E-state index in [1.165, 1.54) is 0 Å². The van der Waals surface area contributed by atoms with Gasteiger partial charge in [0, 0.05) is 10.6 Å². The molecule has 3 aromatic carbocycles. The molecular formula is C21H16ClN3O4. The predicted molar refractivity (Wildman–Crippen MR) is 109 cm³/mol. The summed E-state index contributed by atoms with van der Waals surface area (Å²) in [5, 5.41) is 8.12. The summed E-state index contributed by atoms with van der Waals surface area (Å²) in [5.41, 5.74) is 4.34. The number of rotatable bonds is 6. The smallest absolute Gasteiger partial charge is 0.362 e. The minimum Gasteiger partial charge on any atom is -0.497 e. The molecule has 0 heterocycles. The van der Waals surface area contributed by atoms with Gasteiger partial charge in [0.25, 0.3) is 5.91 Å². The molecule has 0 unspecified atom stereocenters. The van der Waals surface area contributed by atoms with Gasteiger partial charge in [-0.15, -0.1) is 10.2 Å². The second kappa shape index (κ2) is 9.48. The van der Waals surface area contributed by atoms with Gasteiger partial charge in [0.05, 0.1) is 24.0 Å². The van der Waals surface area contributed by atoms with Crippen LogP contribution in [0.5, 0.6) is 5.75 Å². The van der Waals surface area contributed by atoms with Crippen molar-refractivity contribution < 1.29 is 19.2 Å². The molecule has 29 heavy (non-hydrogen) atoms. The zero-order chi connectivity index (χ0) is 20.6. The van der Waals surface area contributed by atoms with E-state index in [9.17, 15) is 9.59 Å². The van der Waals surface area contributed by atoms with Crippen LogP contribution in [0.3, 0.4) is 0 Å². The lowest BCUT2D eigenvalue weighted by molar-refractivity contribution is 0.0596. The van der Waals surface area contributed by atoms with Crippen molar-refractivity contribution in [3.63, 3.8) is 0 Å². The van der Waals surface area contributed by atoms with Crippen LogP contribution in [0, 0.1) is 0 Å². The number of methoxy groups -OCH3 is 1. The summed E-state index contributed by atoms with van der Waals surface area (Å²) >= 11 is 5.79. The molecule has 0 aliphatic heterocycles. The van der Waals surface area contributed by atoms with Crippen molar-refractivity contribution in [1.29, 1.82) is 0 Å². The third-order valence-electron chi connectivity index (χ3n) is 3.80. The van der Waals surface area contributed by atoms with Gasteiger partial charge in [-0.25, -0.2) is 10.3 Å². The van der Waals surface area contributed by atoms with E-state index in [4.69, 9.17) is 21.2 Å². The molecule has 0 radical (unpaired) electrons. The number of nitrogens with zero attached hydrogens (tertiary/aromatic N) is 2. The minimum atomic E-state index is -0.537. The summed E-state index contributed by atoms with van der Waals surface area (Å²) < 4.78 is 5.04. The topological polar surface area (TPSA) is 89.3 Å². The molecule has 0 saturated heterocycles. The van der Waals surface area contributed by atoms with Crippen molar-refractivity contribution in [2.45, 2.75) is 0 Å². The number of anilines is 1. The highest BCUT2D eigenvalue weighted by Crippen LogP contribution is 2.18. The number of benzene rings is 3. The predicted octanol–water partition coefficient (Wildman–Crippen LogP) is 5.46. The largest absolute Gasteiger partial charge is 0.497 e. The lowest BCUT2D eigenvalue weighted by Gasteiger charge is -2.07. The Morgan fingerprint density at radius 3 is 2.10 bits per heavy atom. The summed E-state index contributed by atoms with van der Waals surface area (Å²) in [6.07, 6.45) is 0. The van der Waals surface area contributed by atoms with Crippen molar-refractivity contribution in [2.75, 3.05) is 12.6 Å². The molecule has 0 bridgehead atoms. The second-order valence-electron chi connectivity index (χ2n) is 5.78. The highest BCUT2D eigenvalue weighted by atomic mass is 35.5. The molecular weight excluding hydrogens is 394 g/mol. The molecule has 0 aliphatic rings. The van der Waals surface area contributed by atoms with E-state index in [1.54, 1.807) is 79.9 Å². The highest BCUT2D eigenvalue weighted by molar-refractivity contribution is 6.30. The van der Waals surface area contributed by atoms with Crippen LogP contribution in [-0.4, -0.2) is 19.0 Å². The maximum absolute atomic E-state index is 12.0. The monoisotopic (exact) mass is 409 g/mol. The second-order valence-corrected chi connectivity index (χ2v) is 6.22. The first-order valence-corrected chi connectivity index (χ1v) is 8.86. The molecule has 0 aliphatic carbocycles.